The third-order valence-electron chi connectivity index (χ3n) is 3.58. The van der Waals surface area contributed by atoms with Crippen molar-refractivity contribution in [1.29, 1.82) is 0 Å². The number of nitrogen functional groups attached to an aromatic ring is 1. The molecule has 1 heterocycles. The second kappa shape index (κ2) is 6.96. The van der Waals surface area contributed by atoms with Crippen LogP contribution < -0.4 is 10.5 Å². The van der Waals surface area contributed by atoms with Gasteiger partial charge in [-0.05, 0) is 62.9 Å². The molecule has 0 aliphatic heterocycles. The molecule has 0 saturated heterocycles. The highest BCUT2D eigenvalue weighted by atomic mass is 19.1. The average molecular weight is 318 g/mol. The zero-order valence-corrected chi connectivity index (χ0v) is 13.8. The van der Waals surface area contributed by atoms with E-state index in [0.717, 1.165) is 23.7 Å². The summed E-state index contributed by atoms with van der Waals surface area (Å²) in [6.07, 6.45) is 2.52. The second-order valence-electron chi connectivity index (χ2n) is 6.33. The normalized spacial score (nSPS) is 11.5. The minimum absolute atomic E-state index is 0.275. The van der Waals surface area contributed by atoms with Gasteiger partial charge < -0.3 is 15.6 Å². The lowest BCUT2D eigenvalue weighted by Crippen LogP contribution is -2.19. The predicted octanol–water partition coefficient (Wildman–Crippen LogP) is 3.71. The fourth-order valence-corrected chi connectivity index (χ4v) is 2.34. The largest absolute Gasteiger partial charge is 0.494 e. The zero-order chi connectivity index (χ0) is 17.0. The predicted molar refractivity (Wildman–Crippen MR) is 89.8 cm³/mol. The number of hydrogen-bond donors (Lipinski definition) is 2. The molecule has 1 aromatic carbocycles. The van der Waals surface area contributed by atoms with E-state index in [9.17, 15) is 9.50 Å². The summed E-state index contributed by atoms with van der Waals surface area (Å²) < 4.78 is 19.7. The van der Waals surface area contributed by atoms with E-state index < -0.39 is 11.4 Å². The Morgan fingerprint density at radius 1 is 1.26 bits per heavy atom. The van der Waals surface area contributed by atoms with E-state index in [1.807, 2.05) is 19.1 Å². The summed E-state index contributed by atoms with van der Waals surface area (Å²) in [6, 6.07) is 7.06. The molecule has 124 valence electrons. The molecule has 1 aromatic heterocycles. The molecule has 2 rings (SSSR count). The van der Waals surface area contributed by atoms with Gasteiger partial charge in [0, 0.05) is 5.56 Å². The first-order valence-corrected chi connectivity index (χ1v) is 7.63. The summed E-state index contributed by atoms with van der Waals surface area (Å²) in [5.41, 5.74) is 7.04. The summed E-state index contributed by atoms with van der Waals surface area (Å²) in [5, 5.41) is 9.69. The van der Waals surface area contributed by atoms with Crippen LogP contribution in [0.15, 0.2) is 30.5 Å². The van der Waals surface area contributed by atoms with Crippen molar-refractivity contribution in [1.82, 2.24) is 4.98 Å². The van der Waals surface area contributed by atoms with Gasteiger partial charge in [0.15, 0.2) is 0 Å². The lowest BCUT2D eigenvalue weighted by molar-refractivity contribution is 0.0641. The molecule has 4 nitrogen and oxygen atoms in total. The van der Waals surface area contributed by atoms with E-state index in [4.69, 9.17) is 10.5 Å². The van der Waals surface area contributed by atoms with Crippen LogP contribution in [0.25, 0.3) is 11.1 Å². The fourth-order valence-electron chi connectivity index (χ4n) is 2.34. The van der Waals surface area contributed by atoms with Crippen molar-refractivity contribution in [3.05, 3.63) is 41.8 Å². The molecule has 0 unspecified atom stereocenters. The first-order chi connectivity index (χ1) is 10.8. The van der Waals surface area contributed by atoms with Gasteiger partial charge in [-0.25, -0.2) is 9.37 Å². The van der Waals surface area contributed by atoms with Crippen molar-refractivity contribution in [2.75, 3.05) is 12.3 Å². The highest BCUT2D eigenvalue weighted by Gasteiger charge is 2.13. The molecule has 0 aliphatic carbocycles. The molecular weight excluding hydrogens is 295 g/mol. The van der Waals surface area contributed by atoms with Crippen molar-refractivity contribution in [3.63, 3.8) is 0 Å². The van der Waals surface area contributed by atoms with Crippen molar-refractivity contribution in [3.8, 4) is 16.9 Å². The van der Waals surface area contributed by atoms with Crippen LogP contribution in [0.4, 0.5) is 10.2 Å². The van der Waals surface area contributed by atoms with Crippen LogP contribution in [-0.4, -0.2) is 22.3 Å². The quantitative estimate of drug-likeness (QED) is 0.797. The van der Waals surface area contributed by atoms with E-state index in [1.165, 1.54) is 6.07 Å². The molecule has 0 atom stereocenters. The summed E-state index contributed by atoms with van der Waals surface area (Å²) in [4.78, 5) is 3.75. The van der Waals surface area contributed by atoms with Crippen molar-refractivity contribution in [2.24, 2.45) is 0 Å². The van der Waals surface area contributed by atoms with Crippen molar-refractivity contribution >= 4 is 5.82 Å². The number of nitrogens with two attached hydrogens (primary N) is 1. The molecule has 0 radical (unpaired) electrons. The monoisotopic (exact) mass is 318 g/mol. The molecule has 0 bridgehead atoms. The van der Waals surface area contributed by atoms with E-state index in [-0.39, 0.29) is 5.82 Å². The van der Waals surface area contributed by atoms with Gasteiger partial charge in [0.05, 0.1) is 18.4 Å². The van der Waals surface area contributed by atoms with Crippen LogP contribution >= 0.6 is 0 Å². The highest BCUT2D eigenvalue weighted by Crippen LogP contribution is 2.30. The first kappa shape index (κ1) is 17.2. The molecule has 0 saturated carbocycles. The maximum absolute atomic E-state index is 14.0. The van der Waals surface area contributed by atoms with Crippen LogP contribution in [0, 0.1) is 12.7 Å². The van der Waals surface area contributed by atoms with Gasteiger partial charge in [0.2, 0.25) is 0 Å². The van der Waals surface area contributed by atoms with Gasteiger partial charge in [0.25, 0.3) is 0 Å². The maximum Gasteiger partial charge on any atom is 0.149 e. The third-order valence-corrected chi connectivity index (χ3v) is 3.58. The van der Waals surface area contributed by atoms with E-state index in [2.05, 4.69) is 4.98 Å². The summed E-state index contributed by atoms with van der Waals surface area (Å²) in [6.45, 7) is 5.94. The van der Waals surface area contributed by atoms with Gasteiger partial charge in [-0.2, -0.15) is 0 Å². The Balaban J connectivity index is 2.15. The number of rotatable bonds is 6. The Kier molecular flexibility index (Phi) is 5.21. The maximum atomic E-state index is 14.0. The number of benzene rings is 1. The van der Waals surface area contributed by atoms with Crippen LogP contribution in [0.2, 0.25) is 0 Å². The molecule has 3 N–H and O–H groups in total. The topological polar surface area (TPSA) is 68.4 Å². The number of aromatic nitrogens is 1. The smallest absolute Gasteiger partial charge is 0.149 e. The van der Waals surface area contributed by atoms with E-state index >= 15 is 0 Å². The number of nitrogens with zero attached hydrogens (tertiary/aromatic N) is 1. The molecule has 2 aromatic rings. The molecule has 23 heavy (non-hydrogen) atoms. The van der Waals surface area contributed by atoms with Crippen LogP contribution in [0.1, 0.15) is 32.3 Å². The van der Waals surface area contributed by atoms with E-state index in [0.29, 0.717) is 24.3 Å². The lowest BCUT2D eigenvalue weighted by Gasteiger charge is -2.17. The van der Waals surface area contributed by atoms with Crippen LogP contribution in [0.3, 0.4) is 0 Å². The SMILES string of the molecule is Cc1ccc(OCCCC(C)(C)O)cc1-c1cc(N)ncc1F. The Hall–Kier alpha value is -2.14. The van der Waals surface area contributed by atoms with Crippen LogP contribution in [-0.2, 0) is 0 Å². The van der Waals surface area contributed by atoms with Gasteiger partial charge >= 0.3 is 0 Å². The zero-order valence-electron chi connectivity index (χ0n) is 13.8. The Morgan fingerprint density at radius 3 is 2.70 bits per heavy atom. The van der Waals surface area contributed by atoms with Gasteiger partial charge in [-0.15, -0.1) is 0 Å². The minimum atomic E-state index is -0.695. The molecule has 0 aliphatic rings. The van der Waals surface area contributed by atoms with E-state index in [1.54, 1.807) is 19.9 Å². The average Bonchev–Trinajstić information content (AvgIpc) is 2.47. The number of anilines is 1. The highest BCUT2D eigenvalue weighted by molar-refractivity contribution is 5.71. The summed E-state index contributed by atoms with van der Waals surface area (Å²) in [5.74, 6) is 0.523. The molecule has 0 amide bonds. The van der Waals surface area contributed by atoms with Gasteiger partial charge in [-0.1, -0.05) is 6.07 Å². The minimum Gasteiger partial charge on any atom is -0.494 e. The first-order valence-electron chi connectivity index (χ1n) is 7.63. The Morgan fingerprint density at radius 2 is 2.00 bits per heavy atom. The van der Waals surface area contributed by atoms with Gasteiger partial charge in [-0.3, -0.25) is 0 Å². The summed E-state index contributed by atoms with van der Waals surface area (Å²) >= 11 is 0. The van der Waals surface area contributed by atoms with Crippen LogP contribution in [0.5, 0.6) is 5.75 Å². The van der Waals surface area contributed by atoms with Gasteiger partial charge in [0.1, 0.15) is 17.4 Å². The second-order valence-corrected chi connectivity index (χ2v) is 6.33. The fraction of sp³-hybridized carbons (Fsp3) is 0.389. The standard InChI is InChI=1S/C18H23FN2O2/c1-12-5-6-13(23-8-4-7-18(2,3)22)9-14(12)15-10-17(20)21-11-16(15)19/h5-6,9-11,22H,4,7-8H2,1-3H3,(H2,20,21). The number of halogens is 1. The third kappa shape index (κ3) is 4.93. The van der Waals surface area contributed by atoms with Crippen molar-refractivity contribution < 1.29 is 14.2 Å². The lowest BCUT2D eigenvalue weighted by atomic mass is 10.0. The number of ether oxygens (including phenoxy) is 1. The Bertz CT molecular complexity index is 681. The summed E-state index contributed by atoms with van der Waals surface area (Å²) in [7, 11) is 0. The number of hydrogen-bond acceptors (Lipinski definition) is 4. The van der Waals surface area contributed by atoms with Crippen molar-refractivity contribution in [2.45, 2.75) is 39.2 Å². The molecular formula is C18H23FN2O2. The molecule has 5 heteroatoms. The Labute approximate surface area is 136 Å². The number of pyridine rings is 1. The molecule has 0 fully saturated rings. The molecule has 0 spiro atoms. The number of aryl methyl sites for hydroxylation is 1. The number of aliphatic hydroxyl groups is 1.